The number of hydrogen-bond donors (Lipinski definition) is 1. The minimum atomic E-state index is 0.0798. The van der Waals surface area contributed by atoms with Gasteiger partial charge in [-0.15, -0.1) is 0 Å². The highest BCUT2D eigenvalue weighted by atomic mass is 16.3. The molecule has 0 saturated carbocycles. The number of furan rings is 1. The summed E-state index contributed by atoms with van der Waals surface area (Å²) in [7, 11) is 1.95. The van der Waals surface area contributed by atoms with Crippen molar-refractivity contribution in [2.45, 2.75) is 26.3 Å². The molecule has 0 saturated heterocycles. The fourth-order valence-corrected chi connectivity index (χ4v) is 1.92. The molecule has 0 amide bonds. The van der Waals surface area contributed by atoms with Crippen LogP contribution in [0.5, 0.6) is 0 Å². The first-order valence-corrected chi connectivity index (χ1v) is 6.00. The molecule has 1 N–H and O–H groups in total. The molecule has 0 fully saturated rings. The van der Waals surface area contributed by atoms with E-state index in [-0.39, 0.29) is 6.04 Å². The number of nitrogens with one attached hydrogen (secondary N) is 1. The van der Waals surface area contributed by atoms with E-state index >= 15 is 0 Å². The van der Waals surface area contributed by atoms with Gasteiger partial charge < -0.3 is 9.73 Å². The zero-order valence-electron chi connectivity index (χ0n) is 10.6. The van der Waals surface area contributed by atoms with Crippen LogP contribution in [0.2, 0.25) is 0 Å². The Morgan fingerprint density at radius 1 is 1.41 bits per heavy atom. The standard InChI is InChI=1S/C13H19N3O/c1-4-8-14-13(11-7-9-15-16(11)3)12-6-5-10(2)17-12/h5-7,9,13-14H,4,8H2,1-3H3. The predicted molar refractivity (Wildman–Crippen MR) is 66.8 cm³/mol. The monoisotopic (exact) mass is 233 g/mol. The zero-order chi connectivity index (χ0) is 12.3. The highest BCUT2D eigenvalue weighted by molar-refractivity contribution is 5.21. The molecule has 2 rings (SSSR count). The van der Waals surface area contributed by atoms with Gasteiger partial charge in [-0.1, -0.05) is 6.92 Å². The van der Waals surface area contributed by atoms with Gasteiger partial charge in [0.15, 0.2) is 0 Å². The second kappa shape index (κ2) is 5.19. The zero-order valence-corrected chi connectivity index (χ0v) is 10.6. The van der Waals surface area contributed by atoms with Crippen molar-refractivity contribution in [3.05, 3.63) is 41.6 Å². The molecule has 0 radical (unpaired) electrons. The van der Waals surface area contributed by atoms with Crippen molar-refractivity contribution in [3.8, 4) is 0 Å². The summed E-state index contributed by atoms with van der Waals surface area (Å²) in [6.07, 6.45) is 2.90. The average Bonchev–Trinajstić information content (AvgIpc) is 2.90. The molecular weight excluding hydrogens is 214 g/mol. The van der Waals surface area contributed by atoms with Gasteiger partial charge in [0, 0.05) is 13.2 Å². The van der Waals surface area contributed by atoms with Gasteiger partial charge in [-0.2, -0.15) is 5.10 Å². The Morgan fingerprint density at radius 2 is 2.24 bits per heavy atom. The summed E-state index contributed by atoms with van der Waals surface area (Å²) < 4.78 is 7.60. The summed E-state index contributed by atoms with van der Waals surface area (Å²) in [6.45, 7) is 5.07. The summed E-state index contributed by atoms with van der Waals surface area (Å²) in [5, 5.41) is 7.70. The first-order chi connectivity index (χ1) is 8.22. The van der Waals surface area contributed by atoms with E-state index in [1.165, 1.54) is 0 Å². The molecule has 1 atom stereocenters. The first-order valence-electron chi connectivity index (χ1n) is 6.00. The third-order valence-corrected chi connectivity index (χ3v) is 2.80. The molecule has 0 aromatic carbocycles. The largest absolute Gasteiger partial charge is 0.464 e. The van der Waals surface area contributed by atoms with Crippen molar-refractivity contribution in [2.75, 3.05) is 6.54 Å². The fraction of sp³-hybridized carbons (Fsp3) is 0.462. The van der Waals surface area contributed by atoms with Gasteiger partial charge in [-0.3, -0.25) is 4.68 Å². The molecule has 4 nitrogen and oxygen atoms in total. The van der Waals surface area contributed by atoms with Crippen LogP contribution in [0, 0.1) is 6.92 Å². The van der Waals surface area contributed by atoms with E-state index in [1.807, 2.05) is 43.0 Å². The lowest BCUT2D eigenvalue weighted by molar-refractivity contribution is 0.418. The van der Waals surface area contributed by atoms with Crippen molar-refractivity contribution < 1.29 is 4.42 Å². The van der Waals surface area contributed by atoms with E-state index in [1.54, 1.807) is 0 Å². The maximum absolute atomic E-state index is 5.72. The topological polar surface area (TPSA) is 43.0 Å². The maximum Gasteiger partial charge on any atom is 0.127 e. The van der Waals surface area contributed by atoms with Crippen LogP contribution in [0.3, 0.4) is 0 Å². The number of aryl methyl sites for hydroxylation is 2. The smallest absolute Gasteiger partial charge is 0.127 e. The molecule has 2 heterocycles. The van der Waals surface area contributed by atoms with E-state index in [0.29, 0.717) is 0 Å². The van der Waals surface area contributed by atoms with Crippen LogP contribution in [0.25, 0.3) is 0 Å². The van der Waals surface area contributed by atoms with Crippen LogP contribution in [0.1, 0.15) is 36.6 Å². The molecule has 0 bridgehead atoms. The Bertz CT molecular complexity index is 472. The number of hydrogen-bond acceptors (Lipinski definition) is 3. The second-order valence-electron chi connectivity index (χ2n) is 4.22. The molecule has 4 heteroatoms. The van der Waals surface area contributed by atoms with E-state index in [9.17, 15) is 0 Å². The third-order valence-electron chi connectivity index (χ3n) is 2.80. The van der Waals surface area contributed by atoms with E-state index < -0.39 is 0 Å². The van der Waals surface area contributed by atoms with Crippen molar-refractivity contribution in [1.29, 1.82) is 0 Å². The second-order valence-corrected chi connectivity index (χ2v) is 4.22. The van der Waals surface area contributed by atoms with Gasteiger partial charge in [0.1, 0.15) is 17.6 Å². The minimum Gasteiger partial charge on any atom is -0.464 e. The molecule has 17 heavy (non-hydrogen) atoms. The Kier molecular flexibility index (Phi) is 3.64. The van der Waals surface area contributed by atoms with E-state index in [0.717, 1.165) is 30.2 Å². The highest BCUT2D eigenvalue weighted by Crippen LogP contribution is 2.23. The average molecular weight is 233 g/mol. The molecule has 0 aliphatic heterocycles. The van der Waals surface area contributed by atoms with E-state index in [4.69, 9.17) is 4.42 Å². The van der Waals surface area contributed by atoms with Crippen LogP contribution in [-0.2, 0) is 7.05 Å². The maximum atomic E-state index is 5.72. The number of nitrogens with zero attached hydrogens (tertiary/aromatic N) is 2. The summed E-state index contributed by atoms with van der Waals surface area (Å²) in [6, 6.07) is 6.11. The summed E-state index contributed by atoms with van der Waals surface area (Å²) in [5.41, 5.74) is 1.12. The van der Waals surface area contributed by atoms with Crippen LogP contribution in [0.4, 0.5) is 0 Å². The fourth-order valence-electron chi connectivity index (χ4n) is 1.92. The normalized spacial score (nSPS) is 12.9. The number of aromatic nitrogens is 2. The Morgan fingerprint density at radius 3 is 2.76 bits per heavy atom. The van der Waals surface area contributed by atoms with Gasteiger partial charge in [-0.25, -0.2) is 0 Å². The van der Waals surface area contributed by atoms with Crippen molar-refractivity contribution in [1.82, 2.24) is 15.1 Å². The molecule has 0 aliphatic carbocycles. The van der Waals surface area contributed by atoms with Gasteiger partial charge in [0.05, 0.1) is 5.69 Å². The van der Waals surface area contributed by atoms with Gasteiger partial charge in [0.25, 0.3) is 0 Å². The molecule has 1 unspecified atom stereocenters. The lowest BCUT2D eigenvalue weighted by atomic mass is 10.1. The lowest BCUT2D eigenvalue weighted by Gasteiger charge is -2.16. The van der Waals surface area contributed by atoms with Gasteiger partial charge in [0.2, 0.25) is 0 Å². The summed E-state index contributed by atoms with van der Waals surface area (Å²) in [4.78, 5) is 0. The Labute approximate surface area is 102 Å². The summed E-state index contributed by atoms with van der Waals surface area (Å²) in [5.74, 6) is 1.88. The van der Waals surface area contributed by atoms with E-state index in [2.05, 4.69) is 17.3 Å². The SMILES string of the molecule is CCCNC(c1ccc(C)o1)c1ccnn1C. The first kappa shape index (κ1) is 11.9. The van der Waals surface area contributed by atoms with Gasteiger partial charge >= 0.3 is 0 Å². The molecule has 0 spiro atoms. The van der Waals surface area contributed by atoms with Crippen molar-refractivity contribution in [3.63, 3.8) is 0 Å². The highest BCUT2D eigenvalue weighted by Gasteiger charge is 2.19. The quantitative estimate of drug-likeness (QED) is 0.862. The van der Waals surface area contributed by atoms with Crippen molar-refractivity contribution >= 4 is 0 Å². The molecule has 92 valence electrons. The minimum absolute atomic E-state index is 0.0798. The van der Waals surface area contributed by atoms with Crippen LogP contribution < -0.4 is 5.32 Å². The third kappa shape index (κ3) is 2.58. The van der Waals surface area contributed by atoms with Gasteiger partial charge in [-0.05, 0) is 38.1 Å². The van der Waals surface area contributed by atoms with Crippen LogP contribution in [-0.4, -0.2) is 16.3 Å². The molecule has 2 aromatic heterocycles. The Hall–Kier alpha value is -1.55. The number of rotatable bonds is 5. The lowest BCUT2D eigenvalue weighted by Crippen LogP contribution is -2.24. The molecule has 2 aromatic rings. The van der Waals surface area contributed by atoms with Crippen molar-refractivity contribution in [2.24, 2.45) is 7.05 Å². The Balaban J connectivity index is 2.28. The molecule has 0 aliphatic rings. The van der Waals surface area contributed by atoms with Crippen LogP contribution >= 0.6 is 0 Å². The summed E-state index contributed by atoms with van der Waals surface area (Å²) >= 11 is 0. The predicted octanol–water partition coefficient (Wildman–Crippen LogP) is 2.41. The molecular formula is C13H19N3O. The van der Waals surface area contributed by atoms with Crippen LogP contribution in [0.15, 0.2) is 28.8 Å².